The van der Waals surface area contributed by atoms with Crippen LogP contribution in [0, 0.1) is 6.92 Å². The summed E-state index contributed by atoms with van der Waals surface area (Å²) < 4.78 is 2.68. The van der Waals surface area contributed by atoms with Gasteiger partial charge in [-0.3, -0.25) is 0 Å². The van der Waals surface area contributed by atoms with Crippen molar-refractivity contribution < 1.29 is 0 Å². The van der Waals surface area contributed by atoms with E-state index in [1.54, 1.807) is 11.8 Å². The van der Waals surface area contributed by atoms with Crippen molar-refractivity contribution in [3.63, 3.8) is 0 Å². The number of nitrogen functional groups attached to an aromatic ring is 1. The number of benzene rings is 1. The molecule has 13 heavy (non-hydrogen) atoms. The number of nitrogens with two attached hydrogens (primary N) is 1. The molecule has 0 saturated carbocycles. The molecule has 0 radical (unpaired) electrons. The van der Waals surface area contributed by atoms with Gasteiger partial charge in [0.1, 0.15) is 0 Å². The van der Waals surface area contributed by atoms with E-state index < -0.39 is 0 Å². The molecule has 0 bridgehead atoms. The number of thioether (sulfide) groups is 1. The Morgan fingerprint density at radius 3 is 2.77 bits per heavy atom. The third-order valence-corrected chi connectivity index (χ3v) is 4.25. The smallest absolute Gasteiger partial charge is 0.0608 e. The lowest BCUT2D eigenvalue weighted by Crippen LogP contribution is -1.87. The van der Waals surface area contributed by atoms with Gasteiger partial charge in [0.25, 0.3) is 0 Å². The Hall–Kier alpha value is -0.670. The molecule has 1 nitrogen and oxygen atoms in total. The number of fused-ring (bicyclic) bond motifs is 1. The van der Waals surface area contributed by atoms with Crippen molar-refractivity contribution in [2.24, 2.45) is 0 Å². The summed E-state index contributed by atoms with van der Waals surface area (Å²) in [4.78, 5) is 0. The van der Waals surface area contributed by atoms with E-state index in [0.29, 0.717) is 0 Å². The minimum atomic E-state index is 0.887. The zero-order valence-electron chi connectivity index (χ0n) is 7.63. The summed E-state index contributed by atoms with van der Waals surface area (Å²) in [7, 11) is 0. The van der Waals surface area contributed by atoms with Crippen LogP contribution in [-0.4, -0.2) is 6.26 Å². The normalized spacial score (nSPS) is 10.9. The fourth-order valence-electron chi connectivity index (χ4n) is 1.28. The summed E-state index contributed by atoms with van der Waals surface area (Å²) in [5.74, 6) is 0. The molecular weight excluding hydrogens is 198 g/mol. The monoisotopic (exact) mass is 209 g/mol. The molecule has 0 saturated heterocycles. The van der Waals surface area contributed by atoms with Crippen molar-refractivity contribution >= 4 is 38.9 Å². The predicted molar refractivity (Wildman–Crippen MR) is 62.8 cm³/mol. The van der Waals surface area contributed by atoms with Crippen LogP contribution in [0.2, 0.25) is 0 Å². The average molecular weight is 209 g/mol. The Bertz CT molecular complexity index is 406. The lowest BCUT2D eigenvalue weighted by atomic mass is 10.1. The average Bonchev–Trinajstić information content (AvgIpc) is 2.48. The van der Waals surface area contributed by atoms with E-state index in [2.05, 4.69) is 24.5 Å². The first kappa shape index (κ1) is 8.91. The summed E-state index contributed by atoms with van der Waals surface area (Å²) in [6.45, 7) is 2.05. The Morgan fingerprint density at radius 2 is 2.08 bits per heavy atom. The molecule has 0 unspecified atom stereocenters. The maximum Gasteiger partial charge on any atom is 0.0608 e. The zero-order valence-corrected chi connectivity index (χ0v) is 9.26. The van der Waals surface area contributed by atoms with Crippen LogP contribution in [0.1, 0.15) is 5.56 Å². The SMILES string of the molecule is CSc1cc2cc(N)c(C)cc2s1. The molecule has 0 atom stereocenters. The molecule has 2 N–H and O–H groups in total. The van der Waals surface area contributed by atoms with Gasteiger partial charge in [-0.2, -0.15) is 0 Å². The topological polar surface area (TPSA) is 26.0 Å². The molecule has 68 valence electrons. The fraction of sp³-hybridized carbons (Fsp3) is 0.200. The van der Waals surface area contributed by atoms with Gasteiger partial charge in [-0.1, -0.05) is 0 Å². The summed E-state index contributed by atoms with van der Waals surface area (Å²) in [6.07, 6.45) is 2.10. The highest BCUT2D eigenvalue weighted by atomic mass is 32.2. The van der Waals surface area contributed by atoms with Crippen molar-refractivity contribution in [2.45, 2.75) is 11.1 Å². The number of hydrogen-bond donors (Lipinski definition) is 1. The lowest BCUT2D eigenvalue weighted by Gasteiger charge is -1.98. The first-order valence-corrected chi connectivity index (χ1v) is 6.08. The number of anilines is 1. The second kappa shape index (κ2) is 3.24. The van der Waals surface area contributed by atoms with Crippen molar-refractivity contribution in [1.82, 2.24) is 0 Å². The maximum atomic E-state index is 5.83. The van der Waals surface area contributed by atoms with Crippen LogP contribution in [0.4, 0.5) is 5.69 Å². The summed E-state index contributed by atoms with van der Waals surface area (Å²) in [5.41, 5.74) is 7.89. The van der Waals surface area contributed by atoms with Crippen molar-refractivity contribution in [3.05, 3.63) is 23.8 Å². The molecule has 0 aliphatic carbocycles. The number of thiophene rings is 1. The van der Waals surface area contributed by atoms with Gasteiger partial charge >= 0.3 is 0 Å². The Balaban J connectivity index is 2.70. The van der Waals surface area contributed by atoms with E-state index in [9.17, 15) is 0 Å². The molecule has 0 fully saturated rings. The molecule has 3 heteroatoms. The second-order valence-corrected chi connectivity index (χ2v) is 5.21. The van der Waals surface area contributed by atoms with Crippen LogP contribution in [0.15, 0.2) is 22.4 Å². The van der Waals surface area contributed by atoms with Crippen molar-refractivity contribution in [2.75, 3.05) is 12.0 Å². The van der Waals surface area contributed by atoms with Crippen molar-refractivity contribution in [3.8, 4) is 0 Å². The minimum absolute atomic E-state index is 0.887. The van der Waals surface area contributed by atoms with Gasteiger partial charge in [0.05, 0.1) is 4.21 Å². The van der Waals surface area contributed by atoms with E-state index in [-0.39, 0.29) is 0 Å². The van der Waals surface area contributed by atoms with E-state index in [1.807, 2.05) is 18.3 Å². The van der Waals surface area contributed by atoms with Gasteiger partial charge in [-0.15, -0.1) is 23.1 Å². The van der Waals surface area contributed by atoms with Gasteiger partial charge in [-0.25, -0.2) is 0 Å². The van der Waals surface area contributed by atoms with Gasteiger partial charge in [0.15, 0.2) is 0 Å². The zero-order chi connectivity index (χ0) is 9.42. The number of hydrogen-bond acceptors (Lipinski definition) is 3. The minimum Gasteiger partial charge on any atom is -0.398 e. The fourth-order valence-corrected chi connectivity index (χ4v) is 3.00. The van der Waals surface area contributed by atoms with Gasteiger partial charge in [0, 0.05) is 10.4 Å². The molecule has 0 aliphatic rings. The Kier molecular flexibility index (Phi) is 2.22. The third-order valence-electron chi connectivity index (χ3n) is 2.08. The van der Waals surface area contributed by atoms with Crippen molar-refractivity contribution in [1.29, 1.82) is 0 Å². The first-order valence-electron chi connectivity index (χ1n) is 4.04. The van der Waals surface area contributed by atoms with Gasteiger partial charge in [0.2, 0.25) is 0 Å². The molecule has 2 aromatic rings. The highest BCUT2D eigenvalue weighted by molar-refractivity contribution is 8.00. The molecule has 0 aliphatic heterocycles. The van der Waals surface area contributed by atoms with Crippen LogP contribution in [0.3, 0.4) is 0 Å². The van der Waals surface area contributed by atoms with Gasteiger partial charge < -0.3 is 5.73 Å². The standard InChI is InChI=1S/C10H11NS2/c1-6-3-9-7(4-8(6)11)5-10(12-2)13-9/h3-5H,11H2,1-2H3. The summed E-state index contributed by atoms with van der Waals surface area (Å²) in [5, 5.41) is 1.26. The van der Waals surface area contributed by atoms with E-state index in [1.165, 1.54) is 19.9 Å². The molecule has 1 heterocycles. The van der Waals surface area contributed by atoms with E-state index >= 15 is 0 Å². The third kappa shape index (κ3) is 1.54. The Labute approximate surface area is 85.9 Å². The van der Waals surface area contributed by atoms with Crippen LogP contribution < -0.4 is 5.73 Å². The van der Waals surface area contributed by atoms with E-state index in [4.69, 9.17) is 5.73 Å². The number of rotatable bonds is 1. The number of aryl methyl sites for hydroxylation is 1. The quantitative estimate of drug-likeness (QED) is 0.574. The highest BCUT2D eigenvalue weighted by Gasteiger charge is 2.02. The van der Waals surface area contributed by atoms with Crippen LogP contribution in [-0.2, 0) is 0 Å². The largest absolute Gasteiger partial charge is 0.398 e. The highest BCUT2D eigenvalue weighted by Crippen LogP contribution is 2.33. The molecule has 1 aromatic carbocycles. The van der Waals surface area contributed by atoms with Crippen LogP contribution >= 0.6 is 23.1 Å². The lowest BCUT2D eigenvalue weighted by molar-refractivity contribution is 1.51. The van der Waals surface area contributed by atoms with Crippen LogP contribution in [0.25, 0.3) is 10.1 Å². The molecule has 0 spiro atoms. The summed E-state index contributed by atoms with van der Waals surface area (Å²) >= 11 is 3.61. The van der Waals surface area contributed by atoms with Crippen LogP contribution in [0.5, 0.6) is 0 Å². The molecule has 0 amide bonds. The van der Waals surface area contributed by atoms with E-state index in [0.717, 1.165) is 5.69 Å². The maximum absolute atomic E-state index is 5.83. The molecule has 1 aromatic heterocycles. The summed E-state index contributed by atoms with van der Waals surface area (Å²) in [6, 6.07) is 6.41. The predicted octanol–water partition coefficient (Wildman–Crippen LogP) is 3.51. The first-order chi connectivity index (χ1) is 6.20. The second-order valence-electron chi connectivity index (χ2n) is 3.02. The molecule has 2 rings (SSSR count). The Morgan fingerprint density at radius 1 is 1.31 bits per heavy atom. The van der Waals surface area contributed by atoms with Gasteiger partial charge in [-0.05, 0) is 42.3 Å². The molecular formula is C10H11NS2.